The number of carbonyl (C=O) groups is 1. The van der Waals surface area contributed by atoms with Crippen molar-refractivity contribution in [2.75, 3.05) is 18.4 Å². The highest BCUT2D eigenvalue weighted by Gasteiger charge is 2.22. The van der Waals surface area contributed by atoms with Crippen LogP contribution >= 0.6 is 27.5 Å². The van der Waals surface area contributed by atoms with Gasteiger partial charge in [-0.05, 0) is 72.4 Å². The molecule has 172 valence electrons. The number of nitrogens with zero attached hydrogens (tertiary/aromatic N) is 1. The number of amides is 1. The first-order chi connectivity index (χ1) is 15.9. The number of halogens is 2. The minimum absolute atomic E-state index is 0.0359. The minimum Gasteiger partial charge on any atom is -0.406 e. The normalized spacial score (nSPS) is 14.9. The van der Waals surface area contributed by atoms with E-state index in [4.69, 9.17) is 16.4 Å². The summed E-state index contributed by atoms with van der Waals surface area (Å²) in [7, 11) is 0. The first kappa shape index (κ1) is 23.8. The second-order valence-electron chi connectivity index (χ2n) is 8.71. The molecule has 6 heteroatoms. The van der Waals surface area contributed by atoms with Gasteiger partial charge in [0.2, 0.25) is 5.91 Å². The molecule has 1 aliphatic heterocycles. The van der Waals surface area contributed by atoms with Crippen molar-refractivity contribution in [3.8, 4) is 16.9 Å². The number of hydroxylamine groups is 2. The van der Waals surface area contributed by atoms with Crippen molar-refractivity contribution in [3.63, 3.8) is 0 Å². The maximum absolute atomic E-state index is 12.0. The van der Waals surface area contributed by atoms with Gasteiger partial charge in [0.05, 0.1) is 0 Å². The molecule has 0 aromatic heterocycles. The summed E-state index contributed by atoms with van der Waals surface area (Å²) >= 11 is 9.93. The van der Waals surface area contributed by atoms with Crippen LogP contribution < -0.4 is 10.2 Å². The van der Waals surface area contributed by atoms with E-state index in [1.807, 2.05) is 73.5 Å². The predicted octanol–water partition coefficient (Wildman–Crippen LogP) is 7.54. The van der Waals surface area contributed by atoms with E-state index in [1.54, 1.807) is 0 Å². The standard InChI is InChI=1S/C27H28BrClN2O2/c1-18(2)27(32)30-23-5-3-4-21(16-23)19-12-14-31(15-13-19)33-24-10-11-26(29)25(17-24)20-6-8-22(28)9-7-20/h3-11,16-19H,12-15H2,1-2H3,(H,30,32). The fourth-order valence-electron chi connectivity index (χ4n) is 4.00. The van der Waals surface area contributed by atoms with Crippen LogP contribution in [0.5, 0.6) is 5.75 Å². The Labute approximate surface area is 209 Å². The zero-order valence-electron chi connectivity index (χ0n) is 18.9. The molecule has 1 saturated heterocycles. The third kappa shape index (κ3) is 6.17. The lowest BCUT2D eigenvalue weighted by Gasteiger charge is -2.31. The summed E-state index contributed by atoms with van der Waals surface area (Å²) in [6, 6.07) is 22.1. The van der Waals surface area contributed by atoms with Gasteiger partial charge in [-0.25, -0.2) is 0 Å². The molecule has 0 unspecified atom stereocenters. The van der Waals surface area contributed by atoms with Gasteiger partial charge >= 0.3 is 0 Å². The van der Waals surface area contributed by atoms with Gasteiger partial charge in [-0.2, -0.15) is 0 Å². The topological polar surface area (TPSA) is 41.6 Å². The average Bonchev–Trinajstić information content (AvgIpc) is 2.81. The molecule has 1 amide bonds. The molecule has 0 radical (unpaired) electrons. The fraction of sp³-hybridized carbons (Fsp3) is 0.296. The number of anilines is 1. The van der Waals surface area contributed by atoms with E-state index in [2.05, 4.69) is 33.4 Å². The molecule has 1 aliphatic rings. The number of piperidine rings is 1. The van der Waals surface area contributed by atoms with E-state index in [1.165, 1.54) is 5.56 Å². The number of nitrogens with one attached hydrogen (secondary N) is 1. The number of hydrogen-bond donors (Lipinski definition) is 1. The number of benzene rings is 3. The van der Waals surface area contributed by atoms with Crippen LogP contribution in [0, 0.1) is 5.92 Å². The quantitative estimate of drug-likeness (QED) is 0.360. The SMILES string of the molecule is CC(C)C(=O)Nc1cccc(C2CCN(Oc3ccc(Cl)c(-c4ccc(Br)cc4)c3)CC2)c1. The van der Waals surface area contributed by atoms with Crippen LogP contribution in [-0.2, 0) is 4.79 Å². The summed E-state index contributed by atoms with van der Waals surface area (Å²) in [5.74, 6) is 1.24. The monoisotopic (exact) mass is 526 g/mol. The van der Waals surface area contributed by atoms with Crippen LogP contribution in [0.2, 0.25) is 5.02 Å². The molecule has 4 nitrogen and oxygen atoms in total. The van der Waals surface area contributed by atoms with E-state index in [9.17, 15) is 4.79 Å². The smallest absolute Gasteiger partial charge is 0.226 e. The van der Waals surface area contributed by atoms with Crippen molar-refractivity contribution < 1.29 is 9.63 Å². The van der Waals surface area contributed by atoms with E-state index < -0.39 is 0 Å². The van der Waals surface area contributed by atoms with Gasteiger partial charge in [-0.3, -0.25) is 4.79 Å². The molecule has 1 heterocycles. The molecule has 0 atom stereocenters. The maximum Gasteiger partial charge on any atom is 0.226 e. The Kier molecular flexibility index (Phi) is 7.74. The average molecular weight is 528 g/mol. The van der Waals surface area contributed by atoms with Crippen molar-refractivity contribution in [3.05, 3.63) is 81.8 Å². The third-order valence-corrected chi connectivity index (χ3v) is 6.79. The molecule has 1 N–H and O–H groups in total. The first-order valence-corrected chi connectivity index (χ1v) is 12.5. The van der Waals surface area contributed by atoms with Crippen LogP contribution in [0.25, 0.3) is 11.1 Å². The van der Waals surface area contributed by atoms with Crippen LogP contribution in [0.3, 0.4) is 0 Å². The van der Waals surface area contributed by atoms with Crippen LogP contribution in [0.1, 0.15) is 38.2 Å². The highest BCUT2D eigenvalue weighted by molar-refractivity contribution is 9.10. The second kappa shape index (κ2) is 10.7. The first-order valence-electron chi connectivity index (χ1n) is 11.3. The Morgan fingerprint density at radius 2 is 1.79 bits per heavy atom. The number of carbonyl (C=O) groups excluding carboxylic acids is 1. The Bertz CT molecular complexity index is 1110. The zero-order chi connectivity index (χ0) is 23.4. The van der Waals surface area contributed by atoms with Gasteiger partial charge in [0, 0.05) is 39.8 Å². The largest absolute Gasteiger partial charge is 0.406 e. The second-order valence-corrected chi connectivity index (χ2v) is 10.0. The third-order valence-electron chi connectivity index (χ3n) is 5.93. The number of hydrogen-bond acceptors (Lipinski definition) is 3. The van der Waals surface area contributed by atoms with E-state index in [0.29, 0.717) is 10.9 Å². The van der Waals surface area contributed by atoms with Gasteiger partial charge in [0.25, 0.3) is 0 Å². The minimum atomic E-state index is -0.0359. The van der Waals surface area contributed by atoms with E-state index in [-0.39, 0.29) is 11.8 Å². The molecular formula is C27H28BrClN2O2. The number of rotatable bonds is 6. The maximum atomic E-state index is 12.0. The molecule has 4 rings (SSSR count). The molecular weight excluding hydrogens is 500 g/mol. The molecule has 33 heavy (non-hydrogen) atoms. The van der Waals surface area contributed by atoms with Gasteiger partial charge < -0.3 is 10.2 Å². The Morgan fingerprint density at radius 1 is 1.06 bits per heavy atom. The highest BCUT2D eigenvalue weighted by Crippen LogP contribution is 2.34. The Balaban J connectivity index is 1.38. The fourth-order valence-corrected chi connectivity index (χ4v) is 4.49. The molecule has 1 fully saturated rings. The highest BCUT2D eigenvalue weighted by atomic mass is 79.9. The van der Waals surface area contributed by atoms with Crippen LogP contribution in [0.4, 0.5) is 5.69 Å². The summed E-state index contributed by atoms with van der Waals surface area (Å²) in [5, 5.41) is 5.73. The summed E-state index contributed by atoms with van der Waals surface area (Å²) in [6.07, 6.45) is 1.99. The van der Waals surface area contributed by atoms with Crippen LogP contribution in [0.15, 0.2) is 71.2 Å². The van der Waals surface area contributed by atoms with Gasteiger partial charge in [0.1, 0.15) is 5.75 Å². The molecule has 3 aromatic rings. The lowest BCUT2D eigenvalue weighted by Crippen LogP contribution is -2.35. The van der Waals surface area contributed by atoms with E-state index in [0.717, 1.165) is 53.0 Å². The predicted molar refractivity (Wildman–Crippen MR) is 139 cm³/mol. The summed E-state index contributed by atoms with van der Waals surface area (Å²) in [6.45, 7) is 5.47. The summed E-state index contributed by atoms with van der Waals surface area (Å²) in [4.78, 5) is 18.2. The van der Waals surface area contributed by atoms with Gasteiger partial charge in [-0.15, -0.1) is 5.06 Å². The molecule has 0 saturated carbocycles. The molecule has 0 bridgehead atoms. The van der Waals surface area contributed by atoms with Crippen molar-refractivity contribution >= 4 is 39.1 Å². The van der Waals surface area contributed by atoms with Crippen molar-refractivity contribution in [2.24, 2.45) is 5.92 Å². The van der Waals surface area contributed by atoms with Gasteiger partial charge in [0.15, 0.2) is 0 Å². The molecule has 0 aliphatic carbocycles. The van der Waals surface area contributed by atoms with Crippen molar-refractivity contribution in [2.45, 2.75) is 32.6 Å². The molecule has 0 spiro atoms. The zero-order valence-corrected chi connectivity index (χ0v) is 21.2. The Morgan fingerprint density at radius 3 is 2.48 bits per heavy atom. The lowest BCUT2D eigenvalue weighted by atomic mass is 9.90. The van der Waals surface area contributed by atoms with Gasteiger partial charge in [-0.1, -0.05) is 65.6 Å². The Hall–Kier alpha value is -2.34. The van der Waals surface area contributed by atoms with E-state index >= 15 is 0 Å². The summed E-state index contributed by atoms with van der Waals surface area (Å²) in [5.41, 5.74) is 4.14. The van der Waals surface area contributed by atoms with Crippen molar-refractivity contribution in [1.29, 1.82) is 0 Å². The molecule has 3 aromatic carbocycles. The van der Waals surface area contributed by atoms with Crippen LogP contribution in [-0.4, -0.2) is 24.1 Å². The van der Waals surface area contributed by atoms with Crippen molar-refractivity contribution in [1.82, 2.24) is 5.06 Å². The lowest BCUT2D eigenvalue weighted by molar-refractivity contribution is -0.118. The summed E-state index contributed by atoms with van der Waals surface area (Å²) < 4.78 is 1.03.